The van der Waals surface area contributed by atoms with E-state index < -0.39 is 12.1 Å². The topological polar surface area (TPSA) is 49.8 Å². The van der Waals surface area contributed by atoms with Crippen LogP contribution in [0, 0.1) is 0 Å². The monoisotopic (exact) mass is 271 g/mol. The molecule has 4 nitrogen and oxygen atoms in total. The highest BCUT2D eigenvalue weighted by Crippen LogP contribution is 2.27. The maximum atomic E-state index is 11.8. The van der Waals surface area contributed by atoms with Crippen molar-refractivity contribution in [2.24, 2.45) is 0 Å². The first-order valence-corrected chi connectivity index (χ1v) is 6.48. The fourth-order valence-electron chi connectivity index (χ4n) is 2.04. The van der Waals surface area contributed by atoms with Crippen LogP contribution < -0.4 is 0 Å². The van der Waals surface area contributed by atoms with Crippen molar-refractivity contribution in [2.45, 2.75) is 13.0 Å². The Labute approximate surface area is 118 Å². The van der Waals surface area contributed by atoms with Gasteiger partial charge < -0.3 is 4.74 Å². The molecule has 104 valence electrons. The summed E-state index contributed by atoms with van der Waals surface area (Å²) in [4.78, 5) is 11.8. The molecular formula is C16H17NO3. The summed E-state index contributed by atoms with van der Waals surface area (Å²) < 4.78 is 4.86. The van der Waals surface area contributed by atoms with Crippen molar-refractivity contribution in [3.63, 3.8) is 0 Å². The molecule has 2 aromatic rings. The zero-order chi connectivity index (χ0) is 14.4. The zero-order valence-corrected chi connectivity index (χ0v) is 11.3. The maximum Gasteiger partial charge on any atom is 0.434 e. The molecule has 0 spiro atoms. The molecule has 1 N–H and O–H groups in total. The Bertz CT molecular complexity index is 503. The number of hydrogen-bond acceptors (Lipinski definition) is 3. The van der Waals surface area contributed by atoms with Crippen LogP contribution in [0.1, 0.15) is 24.1 Å². The molecule has 0 aliphatic rings. The van der Waals surface area contributed by atoms with Crippen LogP contribution in [0.5, 0.6) is 0 Å². The summed E-state index contributed by atoms with van der Waals surface area (Å²) in [7, 11) is 0. The van der Waals surface area contributed by atoms with Gasteiger partial charge in [-0.1, -0.05) is 60.7 Å². The number of nitrogens with zero attached hydrogens (tertiary/aromatic N) is 1. The molecule has 4 heteroatoms. The van der Waals surface area contributed by atoms with Crippen LogP contribution in [-0.2, 0) is 4.74 Å². The average Bonchev–Trinajstić information content (AvgIpc) is 2.50. The van der Waals surface area contributed by atoms with Gasteiger partial charge in [-0.15, -0.1) is 0 Å². The molecule has 0 aliphatic heterocycles. The van der Waals surface area contributed by atoms with E-state index in [1.807, 2.05) is 60.7 Å². The minimum atomic E-state index is -0.759. The highest BCUT2D eigenvalue weighted by molar-refractivity contribution is 5.67. The molecule has 2 aromatic carbocycles. The predicted molar refractivity (Wildman–Crippen MR) is 75.4 cm³/mol. The fourth-order valence-corrected chi connectivity index (χ4v) is 2.04. The van der Waals surface area contributed by atoms with Crippen molar-refractivity contribution < 1.29 is 14.7 Å². The quantitative estimate of drug-likeness (QED) is 0.682. The summed E-state index contributed by atoms with van der Waals surface area (Å²) >= 11 is 0. The standard InChI is InChI=1S/C16H17NO3/c1-2-20-16(18)17(19)15(13-9-5-3-6-10-13)14-11-7-4-8-12-14/h3-12,15,19H,2H2,1H3. The van der Waals surface area contributed by atoms with E-state index in [1.165, 1.54) is 0 Å². The third-order valence-corrected chi connectivity index (χ3v) is 2.93. The summed E-state index contributed by atoms with van der Waals surface area (Å²) in [6.07, 6.45) is -0.759. The lowest BCUT2D eigenvalue weighted by Gasteiger charge is -2.26. The highest BCUT2D eigenvalue weighted by Gasteiger charge is 2.26. The smallest absolute Gasteiger partial charge is 0.434 e. The van der Waals surface area contributed by atoms with Gasteiger partial charge in [0, 0.05) is 0 Å². The molecule has 0 aliphatic carbocycles. The minimum absolute atomic E-state index is 0.214. The van der Waals surface area contributed by atoms with Gasteiger partial charge in [-0.05, 0) is 18.1 Å². The number of benzene rings is 2. The number of carbonyl (C=O) groups is 1. The van der Waals surface area contributed by atoms with Crippen LogP contribution in [0.4, 0.5) is 4.79 Å². The lowest BCUT2D eigenvalue weighted by molar-refractivity contribution is -0.0951. The van der Waals surface area contributed by atoms with Crippen LogP contribution in [0.2, 0.25) is 0 Å². The first-order chi connectivity index (χ1) is 9.74. The van der Waals surface area contributed by atoms with Gasteiger partial charge in [0.15, 0.2) is 0 Å². The van der Waals surface area contributed by atoms with Crippen molar-refractivity contribution in [1.82, 2.24) is 5.06 Å². The summed E-state index contributed by atoms with van der Waals surface area (Å²) in [5, 5.41) is 10.8. The number of rotatable bonds is 4. The molecule has 20 heavy (non-hydrogen) atoms. The number of hydrogen-bond donors (Lipinski definition) is 1. The van der Waals surface area contributed by atoms with Crippen LogP contribution in [0.3, 0.4) is 0 Å². The molecule has 0 unspecified atom stereocenters. The van der Waals surface area contributed by atoms with Crippen molar-refractivity contribution in [3.8, 4) is 0 Å². The van der Waals surface area contributed by atoms with E-state index in [0.717, 1.165) is 11.1 Å². The van der Waals surface area contributed by atoms with E-state index >= 15 is 0 Å². The Balaban J connectivity index is 2.37. The van der Waals surface area contributed by atoms with E-state index in [4.69, 9.17) is 4.74 Å². The van der Waals surface area contributed by atoms with E-state index in [-0.39, 0.29) is 6.61 Å². The maximum absolute atomic E-state index is 11.8. The van der Waals surface area contributed by atoms with Crippen LogP contribution in [0.15, 0.2) is 60.7 Å². The van der Waals surface area contributed by atoms with Gasteiger partial charge in [-0.3, -0.25) is 5.21 Å². The normalized spacial score (nSPS) is 10.3. The molecule has 0 heterocycles. The number of ether oxygens (including phenoxy) is 1. The van der Waals surface area contributed by atoms with Crippen molar-refractivity contribution in [1.29, 1.82) is 0 Å². The second-order valence-electron chi connectivity index (χ2n) is 4.27. The van der Waals surface area contributed by atoms with Gasteiger partial charge in [0.2, 0.25) is 0 Å². The Morgan fingerprint density at radius 1 is 1.05 bits per heavy atom. The molecule has 0 bridgehead atoms. The largest absolute Gasteiger partial charge is 0.448 e. The Morgan fingerprint density at radius 3 is 1.90 bits per heavy atom. The summed E-state index contributed by atoms with van der Waals surface area (Å²) in [6, 6.07) is 18.1. The Kier molecular flexibility index (Phi) is 4.74. The van der Waals surface area contributed by atoms with Crippen molar-refractivity contribution >= 4 is 6.09 Å². The van der Waals surface area contributed by atoms with Crippen molar-refractivity contribution in [3.05, 3.63) is 71.8 Å². The number of carbonyl (C=O) groups excluding carboxylic acids is 1. The number of amides is 1. The van der Waals surface area contributed by atoms with Gasteiger partial charge in [0.1, 0.15) is 6.04 Å². The van der Waals surface area contributed by atoms with Crippen LogP contribution in [0.25, 0.3) is 0 Å². The van der Waals surface area contributed by atoms with Gasteiger partial charge in [0.05, 0.1) is 6.61 Å². The molecular weight excluding hydrogens is 254 g/mol. The van der Waals surface area contributed by atoms with Gasteiger partial charge >= 0.3 is 6.09 Å². The fraction of sp³-hybridized carbons (Fsp3) is 0.188. The molecule has 0 saturated carbocycles. The second-order valence-corrected chi connectivity index (χ2v) is 4.27. The molecule has 1 amide bonds. The van der Waals surface area contributed by atoms with E-state index in [2.05, 4.69) is 0 Å². The van der Waals surface area contributed by atoms with E-state index in [1.54, 1.807) is 6.92 Å². The van der Waals surface area contributed by atoms with E-state index in [0.29, 0.717) is 5.06 Å². The average molecular weight is 271 g/mol. The molecule has 0 radical (unpaired) electrons. The highest BCUT2D eigenvalue weighted by atomic mass is 16.6. The lowest BCUT2D eigenvalue weighted by atomic mass is 9.99. The van der Waals surface area contributed by atoms with Gasteiger partial charge in [0.25, 0.3) is 0 Å². The second kappa shape index (κ2) is 6.73. The Hall–Kier alpha value is -2.33. The third kappa shape index (κ3) is 3.16. The first-order valence-electron chi connectivity index (χ1n) is 6.48. The summed E-state index contributed by atoms with van der Waals surface area (Å²) in [6.45, 7) is 1.91. The van der Waals surface area contributed by atoms with Gasteiger partial charge in [-0.2, -0.15) is 5.06 Å². The van der Waals surface area contributed by atoms with Crippen LogP contribution >= 0.6 is 0 Å². The lowest BCUT2D eigenvalue weighted by Crippen LogP contribution is -2.33. The Morgan fingerprint density at radius 2 is 1.50 bits per heavy atom. The van der Waals surface area contributed by atoms with Crippen LogP contribution in [-0.4, -0.2) is 23.0 Å². The predicted octanol–water partition coefficient (Wildman–Crippen LogP) is 3.62. The number of hydroxylamine groups is 2. The molecule has 0 atom stereocenters. The first kappa shape index (κ1) is 14.1. The molecule has 0 aromatic heterocycles. The minimum Gasteiger partial charge on any atom is -0.448 e. The third-order valence-electron chi connectivity index (χ3n) is 2.93. The zero-order valence-electron chi connectivity index (χ0n) is 11.3. The summed E-state index contributed by atoms with van der Waals surface area (Å²) in [5.74, 6) is 0. The van der Waals surface area contributed by atoms with Gasteiger partial charge in [-0.25, -0.2) is 4.79 Å². The molecule has 2 rings (SSSR count). The summed E-state index contributed by atoms with van der Waals surface area (Å²) in [5.41, 5.74) is 1.63. The SMILES string of the molecule is CCOC(=O)N(O)C(c1ccccc1)c1ccccc1. The van der Waals surface area contributed by atoms with Crippen molar-refractivity contribution in [2.75, 3.05) is 6.61 Å². The molecule has 0 fully saturated rings. The van der Waals surface area contributed by atoms with E-state index in [9.17, 15) is 10.0 Å². The molecule has 0 saturated heterocycles.